The number of aliphatic carboxylic acids is 1. The van der Waals surface area contributed by atoms with Gasteiger partial charge in [-0.25, -0.2) is 0 Å². The molecule has 0 amide bonds. The fraction of sp³-hybridized carbons (Fsp3) is 0.750. The molecule has 0 rings (SSSR count). The molecule has 0 aromatic rings. The summed E-state index contributed by atoms with van der Waals surface area (Å²) in [5.74, 6) is -1.43. The van der Waals surface area contributed by atoms with Gasteiger partial charge in [-0.2, -0.15) is 0 Å². The zero-order chi connectivity index (χ0) is 7.44. The Balaban J connectivity index is 3.72. The number of aliphatic hydroxyl groups is 1. The highest BCUT2D eigenvalue weighted by Crippen LogP contribution is 2.03. The fourth-order valence-corrected chi connectivity index (χ4v) is 0.601. The molecule has 2 atom stereocenters. The smallest absolute Gasteiger partial charge is 0.324 e. The first-order valence-corrected chi connectivity index (χ1v) is 3.17. The maximum absolute atomic E-state index is 9.95. The predicted octanol–water partition coefficient (Wildman–Crippen LogP) is 0.278. The van der Waals surface area contributed by atoms with Gasteiger partial charge < -0.3 is 10.2 Å². The molecule has 3 nitrogen and oxygen atoms in total. The summed E-state index contributed by atoms with van der Waals surface area (Å²) in [6.07, 6.45) is -1.18. The standard InChI is InChI=1S/C4H6Cl2O3/c5-1-2(7)3(6)4(8)9/h2-3,7H,1H2,(H,8,9)/t2-,3-/m0/s1. The third kappa shape index (κ3) is 2.89. The molecule has 0 aromatic carbocycles. The van der Waals surface area contributed by atoms with Gasteiger partial charge in [0.05, 0.1) is 12.0 Å². The number of hydrogen-bond acceptors (Lipinski definition) is 2. The zero-order valence-corrected chi connectivity index (χ0v) is 5.93. The van der Waals surface area contributed by atoms with Crippen molar-refractivity contribution in [3.8, 4) is 0 Å². The van der Waals surface area contributed by atoms with Gasteiger partial charge >= 0.3 is 5.97 Å². The Morgan fingerprint density at radius 2 is 2.11 bits per heavy atom. The van der Waals surface area contributed by atoms with E-state index in [2.05, 4.69) is 0 Å². The molecule has 0 aromatic heterocycles. The lowest BCUT2D eigenvalue weighted by Crippen LogP contribution is -2.29. The summed E-state index contributed by atoms with van der Waals surface area (Å²) in [6, 6.07) is 0. The van der Waals surface area contributed by atoms with Crippen LogP contribution in [0.3, 0.4) is 0 Å². The average molecular weight is 173 g/mol. The molecule has 0 spiro atoms. The van der Waals surface area contributed by atoms with Crippen LogP contribution in [0.25, 0.3) is 0 Å². The summed E-state index contributed by atoms with van der Waals surface area (Å²) >= 11 is 10.2. The number of carboxylic acid groups (broad SMARTS) is 1. The van der Waals surface area contributed by atoms with E-state index in [4.69, 9.17) is 33.4 Å². The van der Waals surface area contributed by atoms with Gasteiger partial charge in [0, 0.05) is 0 Å². The number of carbonyl (C=O) groups is 1. The van der Waals surface area contributed by atoms with Crippen molar-refractivity contribution in [2.24, 2.45) is 0 Å². The second-order valence-corrected chi connectivity index (χ2v) is 2.24. The summed E-state index contributed by atoms with van der Waals surface area (Å²) < 4.78 is 0. The Morgan fingerprint density at radius 3 is 2.22 bits per heavy atom. The van der Waals surface area contributed by atoms with Crippen LogP contribution in [0.4, 0.5) is 0 Å². The van der Waals surface area contributed by atoms with Gasteiger partial charge in [0.2, 0.25) is 0 Å². The first kappa shape index (κ1) is 9.01. The molecule has 0 fully saturated rings. The SMILES string of the molecule is O=C(O)[C@@H](Cl)[C@@H](O)CCl. The highest BCUT2D eigenvalue weighted by atomic mass is 35.5. The molecule has 5 heteroatoms. The molecule has 0 aliphatic rings. The fourth-order valence-electron chi connectivity index (χ4n) is 0.243. The van der Waals surface area contributed by atoms with E-state index in [-0.39, 0.29) is 5.88 Å². The van der Waals surface area contributed by atoms with Crippen LogP contribution < -0.4 is 0 Å². The van der Waals surface area contributed by atoms with E-state index in [1.807, 2.05) is 0 Å². The summed E-state index contributed by atoms with van der Waals surface area (Å²) in [5.41, 5.74) is 0. The van der Waals surface area contributed by atoms with Gasteiger partial charge in [-0.3, -0.25) is 4.79 Å². The van der Waals surface area contributed by atoms with E-state index in [1.165, 1.54) is 0 Å². The van der Waals surface area contributed by atoms with Crippen LogP contribution in [0, 0.1) is 0 Å². The van der Waals surface area contributed by atoms with Gasteiger partial charge in [-0.15, -0.1) is 23.2 Å². The molecule has 0 unspecified atom stereocenters. The number of rotatable bonds is 3. The first-order valence-electron chi connectivity index (χ1n) is 2.20. The van der Waals surface area contributed by atoms with Crippen molar-refractivity contribution in [3.05, 3.63) is 0 Å². The normalized spacial score (nSPS) is 16.8. The molecule has 0 saturated heterocycles. The Hall–Kier alpha value is 0.01000. The summed E-state index contributed by atoms with van der Waals surface area (Å²) in [4.78, 5) is 9.95. The van der Waals surface area contributed by atoms with Crippen LogP contribution >= 0.6 is 23.2 Å². The minimum Gasteiger partial charge on any atom is -0.480 e. The van der Waals surface area contributed by atoms with E-state index in [1.54, 1.807) is 0 Å². The van der Waals surface area contributed by atoms with Crippen molar-refractivity contribution in [1.29, 1.82) is 0 Å². The summed E-state index contributed by atoms with van der Waals surface area (Å²) in [6.45, 7) is 0. The van der Waals surface area contributed by atoms with Crippen molar-refractivity contribution < 1.29 is 15.0 Å². The molecule has 0 bridgehead atoms. The minimum absolute atomic E-state index is 0.166. The van der Waals surface area contributed by atoms with E-state index in [0.717, 1.165) is 0 Å². The van der Waals surface area contributed by atoms with Crippen LogP contribution in [-0.2, 0) is 4.79 Å². The van der Waals surface area contributed by atoms with E-state index >= 15 is 0 Å². The lowest BCUT2D eigenvalue weighted by molar-refractivity contribution is -0.138. The molecular formula is C4H6Cl2O3. The average Bonchev–Trinajstić information content (AvgIpc) is 1.84. The molecule has 0 heterocycles. The number of halogens is 2. The summed E-state index contributed by atoms with van der Waals surface area (Å²) in [7, 11) is 0. The van der Waals surface area contributed by atoms with Crippen molar-refractivity contribution in [2.45, 2.75) is 11.5 Å². The Labute approximate surface area is 62.2 Å². The second-order valence-electron chi connectivity index (χ2n) is 1.46. The van der Waals surface area contributed by atoms with Crippen LogP contribution in [-0.4, -0.2) is 33.5 Å². The Kier molecular flexibility index (Phi) is 3.93. The molecule has 0 aliphatic heterocycles. The maximum atomic E-state index is 9.95. The Morgan fingerprint density at radius 1 is 1.67 bits per heavy atom. The van der Waals surface area contributed by atoms with Crippen molar-refractivity contribution in [1.82, 2.24) is 0 Å². The van der Waals surface area contributed by atoms with Gasteiger partial charge in [-0.05, 0) is 0 Å². The summed E-state index contributed by atoms with van der Waals surface area (Å²) in [5, 5.41) is 15.5. The molecule has 9 heavy (non-hydrogen) atoms. The van der Waals surface area contributed by atoms with Gasteiger partial charge in [0.1, 0.15) is 0 Å². The van der Waals surface area contributed by atoms with Gasteiger partial charge in [0.25, 0.3) is 0 Å². The van der Waals surface area contributed by atoms with E-state index in [9.17, 15) is 4.79 Å². The van der Waals surface area contributed by atoms with Crippen LogP contribution in [0.2, 0.25) is 0 Å². The molecular weight excluding hydrogens is 167 g/mol. The van der Waals surface area contributed by atoms with Crippen LogP contribution in [0.15, 0.2) is 0 Å². The van der Waals surface area contributed by atoms with E-state index in [0.29, 0.717) is 0 Å². The monoisotopic (exact) mass is 172 g/mol. The third-order valence-corrected chi connectivity index (χ3v) is 1.53. The Bertz CT molecular complexity index is 106. The lowest BCUT2D eigenvalue weighted by Gasteiger charge is -2.07. The van der Waals surface area contributed by atoms with Gasteiger partial charge in [-0.1, -0.05) is 0 Å². The van der Waals surface area contributed by atoms with Crippen molar-refractivity contribution >= 4 is 29.2 Å². The lowest BCUT2D eigenvalue weighted by atomic mass is 10.3. The van der Waals surface area contributed by atoms with Crippen LogP contribution in [0.1, 0.15) is 0 Å². The second kappa shape index (κ2) is 3.93. The number of hydrogen-bond donors (Lipinski definition) is 2. The van der Waals surface area contributed by atoms with Crippen molar-refractivity contribution in [2.75, 3.05) is 5.88 Å². The van der Waals surface area contributed by atoms with Crippen molar-refractivity contribution in [3.63, 3.8) is 0 Å². The quantitative estimate of drug-likeness (QED) is 0.602. The molecule has 0 saturated carbocycles. The highest BCUT2D eigenvalue weighted by molar-refractivity contribution is 6.30. The minimum atomic E-state index is -1.30. The van der Waals surface area contributed by atoms with Crippen LogP contribution in [0.5, 0.6) is 0 Å². The molecule has 54 valence electrons. The number of aliphatic hydroxyl groups excluding tert-OH is 1. The predicted molar refractivity (Wildman–Crippen MR) is 34.0 cm³/mol. The largest absolute Gasteiger partial charge is 0.480 e. The highest BCUT2D eigenvalue weighted by Gasteiger charge is 2.22. The van der Waals surface area contributed by atoms with Gasteiger partial charge in [0.15, 0.2) is 5.38 Å². The molecule has 2 N–H and O–H groups in total. The molecule has 0 aliphatic carbocycles. The van der Waals surface area contributed by atoms with E-state index < -0.39 is 17.5 Å². The topological polar surface area (TPSA) is 57.5 Å². The molecule has 0 radical (unpaired) electrons. The zero-order valence-electron chi connectivity index (χ0n) is 4.42. The number of alkyl halides is 2. The maximum Gasteiger partial charge on any atom is 0.324 e. The third-order valence-electron chi connectivity index (χ3n) is 0.732. The first-order chi connectivity index (χ1) is 4.09. The number of carboxylic acids is 1.